The van der Waals surface area contributed by atoms with Crippen LogP contribution >= 0.6 is 0 Å². The van der Waals surface area contributed by atoms with Crippen molar-refractivity contribution < 1.29 is 14.6 Å². The van der Waals surface area contributed by atoms with Gasteiger partial charge in [-0.2, -0.15) is 5.10 Å². The smallest absolute Gasteiger partial charge is 0.337 e. The zero-order valence-corrected chi connectivity index (χ0v) is 18.5. The minimum absolute atomic E-state index is 0.154. The monoisotopic (exact) mass is 427 g/mol. The van der Waals surface area contributed by atoms with Gasteiger partial charge in [0.1, 0.15) is 11.6 Å². The molecule has 1 aromatic heterocycles. The fraction of sp³-hybridized carbons (Fsp3) is 0.154. The molecule has 4 aromatic rings. The lowest BCUT2D eigenvalue weighted by Crippen LogP contribution is -2.18. The summed E-state index contributed by atoms with van der Waals surface area (Å²) >= 11 is 0. The molecule has 162 valence electrons. The Morgan fingerprint density at radius 2 is 1.69 bits per heavy atom. The topological polar surface area (TPSA) is 67.6 Å². The second kappa shape index (κ2) is 8.59. The lowest BCUT2D eigenvalue weighted by atomic mass is 10.0. The summed E-state index contributed by atoms with van der Waals surface area (Å²) in [6.45, 7) is 4.01. The number of aromatic nitrogens is 2. The molecular formula is C26H25N3O3. The molecule has 0 fully saturated rings. The van der Waals surface area contributed by atoms with E-state index in [1.54, 1.807) is 12.1 Å². The highest BCUT2D eigenvalue weighted by Gasteiger charge is 2.25. The van der Waals surface area contributed by atoms with E-state index in [-0.39, 0.29) is 5.56 Å². The van der Waals surface area contributed by atoms with Crippen LogP contribution in [0.5, 0.6) is 5.75 Å². The molecule has 32 heavy (non-hydrogen) atoms. The van der Waals surface area contributed by atoms with E-state index in [9.17, 15) is 9.90 Å². The molecule has 0 saturated heterocycles. The first kappa shape index (κ1) is 21.2. The van der Waals surface area contributed by atoms with Gasteiger partial charge in [0.05, 0.1) is 29.7 Å². The lowest BCUT2D eigenvalue weighted by molar-refractivity contribution is 0.0697. The highest BCUT2D eigenvalue weighted by atomic mass is 16.5. The van der Waals surface area contributed by atoms with Crippen molar-refractivity contribution >= 4 is 17.5 Å². The van der Waals surface area contributed by atoms with E-state index in [0.29, 0.717) is 11.4 Å². The average Bonchev–Trinajstić information content (AvgIpc) is 3.15. The van der Waals surface area contributed by atoms with Gasteiger partial charge >= 0.3 is 5.97 Å². The second-order valence-electron chi connectivity index (χ2n) is 7.60. The summed E-state index contributed by atoms with van der Waals surface area (Å²) in [5, 5.41) is 14.8. The fourth-order valence-electron chi connectivity index (χ4n) is 3.96. The summed E-state index contributed by atoms with van der Waals surface area (Å²) in [6, 6.07) is 23.1. The fourth-order valence-corrected chi connectivity index (χ4v) is 3.96. The van der Waals surface area contributed by atoms with Crippen LogP contribution in [0.25, 0.3) is 16.8 Å². The number of carboxylic acids is 1. The number of ether oxygens (including phenoxy) is 1. The predicted octanol–water partition coefficient (Wildman–Crippen LogP) is 5.63. The molecule has 0 aliphatic rings. The highest BCUT2D eigenvalue weighted by Crippen LogP contribution is 2.40. The summed E-state index contributed by atoms with van der Waals surface area (Å²) in [6.07, 6.45) is 0. The number of aromatic carboxylic acids is 1. The van der Waals surface area contributed by atoms with Crippen molar-refractivity contribution in [3.05, 3.63) is 89.6 Å². The lowest BCUT2D eigenvalue weighted by Gasteiger charge is -2.25. The van der Waals surface area contributed by atoms with E-state index in [2.05, 4.69) is 0 Å². The molecule has 0 aliphatic carbocycles. The van der Waals surface area contributed by atoms with Crippen molar-refractivity contribution in [2.45, 2.75) is 13.8 Å². The Labute approximate surface area is 187 Å². The quantitative estimate of drug-likeness (QED) is 0.432. The summed E-state index contributed by atoms with van der Waals surface area (Å²) in [7, 11) is 3.39. The van der Waals surface area contributed by atoms with E-state index in [1.807, 2.05) is 85.1 Å². The van der Waals surface area contributed by atoms with Crippen LogP contribution in [0.15, 0.2) is 72.8 Å². The molecule has 0 unspecified atom stereocenters. The van der Waals surface area contributed by atoms with Crippen molar-refractivity contribution in [1.82, 2.24) is 9.78 Å². The molecule has 6 nitrogen and oxygen atoms in total. The van der Waals surface area contributed by atoms with Crippen molar-refractivity contribution in [2.24, 2.45) is 0 Å². The Balaban J connectivity index is 2.01. The first-order chi connectivity index (χ1) is 15.4. The molecule has 6 heteroatoms. The number of anilines is 2. The normalized spacial score (nSPS) is 10.8. The van der Waals surface area contributed by atoms with Crippen LogP contribution in [0, 0.1) is 13.8 Å². The van der Waals surface area contributed by atoms with Crippen molar-refractivity contribution in [2.75, 3.05) is 19.1 Å². The van der Waals surface area contributed by atoms with Gasteiger partial charge in [-0.25, -0.2) is 9.48 Å². The molecule has 1 heterocycles. The number of carboxylic acid groups (broad SMARTS) is 1. The molecule has 0 saturated carbocycles. The Morgan fingerprint density at radius 3 is 2.34 bits per heavy atom. The first-order valence-corrected chi connectivity index (χ1v) is 10.3. The van der Waals surface area contributed by atoms with Gasteiger partial charge in [0.15, 0.2) is 0 Å². The number of hydrogen-bond acceptors (Lipinski definition) is 4. The predicted molar refractivity (Wildman–Crippen MR) is 126 cm³/mol. The van der Waals surface area contributed by atoms with Crippen LogP contribution in [0.1, 0.15) is 21.6 Å². The van der Waals surface area contributed by atoms with Gasteiger partial charge in [0, 0.05) is 12.6 Å². The molecule has 4 rings (SSSR count). The van der Waals surface area contributed by atoms with Gasteiger partial charge in [0.25, 0.3) is 0 Å². The van der Waals surface area contributed by atoms with Gasteiger partial charge in [-0.1, -0.05) is 48.5 Å². The first-order valence-electron chi connectivity index (χ1n) is 10.3. The third-order valence-corrected chi connectivity index (χ3v) is 5.56. The Kier molecular flexibility index (Phi) is 5.69. The van der Waals surface area contributed by atoms with Crippen LogP contribution in [-0.4, -0.2) is 35.0 Å². The summed E-state index contributed by atoms with van der Waals surface area (Å²) in [4.78, 5) is 14.0. The number of nitrogens with zero attached hydrogens (tertiary/aromatic N) is 3. The molecule has 0 bridgehead atoms. The van der Waals surface area contributed by atoms with Crippen molar-refractivity contribution in [1.29, 1.82) is 0 Å². The standard InChI is InChI=1S/C26H25N3O3/c1-17-10-8-9-13-22(17)29-25(24(18(2)27-29)19-11-6-5-7-12-19)28(3)23-15-14-20(32-4)16-21(23)26(30)31/h5-16H,1-4H3,(H,30,31). The Morgan fingerprint density at radius 1 is 1.00 bits per heavy atom. The number of para-hydroxylation sites is 1. The minimum atomic E-state index is -1.02. The van der Waals surface area contributed by atoms with E-state index in [0.717, 1.165) is 33.9 Å². The van der Waals surface area contributed by atoms with Gasteiger partial charge in [-0.15, -0.1) is 0 Å². The maximum Gasteiger partial charge on any atom is 0.337 e. The molecule has 0 radical (unpaired) electrons. The number of benzene rings is 3. The molecule has 0 aliphatic heterocycles. The number of carbonyl (C=O) groups is 1. The van der Waals surface area contributed by atoms with Crippen molar-refractivity contribution in [3.8, 4) is 22.6 Å². The molecule has 0 spiro atoms. The van der Waals surface area contributed by atoms with Crippen molar-refractivity contribution in [3.63, 3.8) is 0 Å². The zero-order valence-electron chi connectivity index (χ0n) is 18.5. The Hall–Kier alpha value is -4.06. The van der Waals surface area contributed by atoms with E-state index < -0.39 is 5.97 Å². The van der Waals surface area contributed by atoms with Crippen LogP contribution in [0.3, 0.4) is 0 Å². The van der Waals surface area contributed by atoms with Crippen LogP contribution in [0.4, 0.5) is 11.5 Å². The molecule has 0 amide bonds. The van der Waals surface area contributed by atoms with E-state index >= 15 is 0 Å². The van der Waals surface area contributed by atoms with Crippen LogP contribution in [0.2, 0.25) is 0 Å². The van der Waals surface area contributed by atoms with Gasteiger partial charge in [-0.3, -0.25) is 0 Å². The van der Waals surface area contributed by atoms with E-state index in [4.69, 9.17) is 9.84 Å². The Bertz CT molecular complexity index is 1280. The van der Waals surface area contributed by atoms with Crippen LogP contribution < -0.4 is 9.64 Å². The summed E-state index contributed by atoms with van der Waals surface area (Å²) in [5.74, 6) is 0.257. The number of aryl methyl sites for hydroxylation is 2. The molecular weight excluding hydrogens is 402 g/mol. The third kappa shape index (κ3) is 3.71. The highest BCUT2D eigenvalue weighted by molar-refractivity contribution is 5.97. The van der Waals surface area contributed by atoms with Gasteiger partial charge in [0.2, 0.25) is 0 Å². The summed E-state index contributed by atoms with van der Waals surface area (Å²) < 4.78 is 7.14. The van der Waals surface area contributed by atoms with Crippen LogP contribution in [-0.2, 0) is 0 Å². The number of rotatable bonds is 6. The van der Waals surface area contributed by atoms with Gasteiger partial charge < -0.3 is 14.7 Å². The van der Waals surface area contributed by atoms with E-state index in [1.165, 1.54) is 13.2 Å². The zero-order chi connectivity index (χ0) is 22.8. The number of hydrogen-bond donors (Lipinski definition) is 1. The molecule has 3 aromatic carbocycles. The average molecular weight is 428 g/mol. The largest absolute Gasteiger partial charge is 0.497 e. The second-order valence-corrected chi connectivity index (χ2v) is 7.60. The number of methoxy groups -OCH3 is 1. The third-order valence-electron chi connectivity index (χ3n) is 5.56. The van der Waals surface area contributed by atoms with Gasteiger partial charge in [-0.05, 0) is 49.2 Å². The SMILES string of the molecule is COc1ccc(N(C)c2c(-c3ccccc3)c(C)nn2-c2ccccc2C)c(C(=O)O)c1. The maximum atomic E-state index is 12.1. The minimum Gasteiger partial charge on any atom is -0.497 e. The maximum absolute atomic E-state index is 12.1. The molecule has 1 N–H and O–H groups in total. The summed E-state index contributed by atoms with van der Waals surface area (Å²) in [5.41, 5.74) is 5.51. The molecule has 0 atom stereocenters.